The van der Waals surface area contributed by atoms with E-state index in [1.165, 1.54) is 31.0 Å². The van der Waals surface area contributed by atoms with E-state index in [1.807, 2.05) is 41.3 Å². The first-order valence-corrected chi connectivity index (χ1v) is 15.9. The monoisotopic (exact) mass is 625 g/mol. The normalized spacial score (nSPS) is 15.2. The third-order valence-electron chi connectivity index (χ3n) is 8.28. The van der Waals surface area contributed by atoms with Gasteiger partial charge in [-0.1, -0.05) is 30.3 Å². The number of piperidine rings is 1. The number of benzene rings is 3. The molecular weight excluding hydrogens is 589 g/mol. The molecule has 7 nitrogen and oxygen atoms in total. The number of hydrogen-bond acceptors (Lipinski definition) is 7. The van der Waals surface area contributed by atoms with Gasteiger partial charge in [-0.2, -0.15) is 0 Å². The predicted octanol–water partition coefficient (Wildman–Crippen LogP) is 7.40. The number of carbonyl (C=O) groups excluding carboxylic acids is 1. The van der Waals surface area contributed by atoms with E-state index in [0.717, 1.165) is 41.0 Å². The average Bonchev–Trinajstić information content (AvgIpc) is 3.06. The van der Waals surface area contributed by atoms with Crippen LogP contribution < -0.4 is 15.1 Å². The molecule has 2 fully saturated rings. The van der Waals surface area contributed by atoms with Crippen LogP contribution in [0.1, 0.15) is 36.0 Å². The number of halogens is 2. The molecule has 3 aromatic carbocycles. The van der Waals surface area contributed by atoms with Gasteiger partial charge in [-0.25, -0.2) is 14.4 Å². The lowest BCUT2D eigenvalue weighted by Crippen LogP contribution is -2.36. The van der Waals surface area contributed by atoms with Crippen molar-refractivity contribution >= 4 is 40.4 Å². The van der Waals surface area contributed by atoms with Crippen molar-refractivity contribution in [1.29, 1.82) is 0 Å². The minimum absolute atomic E-state index is 0.0992. The van der Waals surface area contributed by atoms with Crippen molar-refractivity contribution in [3.8, 4) is 11.3 Å². The Morgan fingerprint density at radius 3 is 2.58 bits per heavy atom. The van der Waals surface area contributed by atoms with Crippen LogP contribution in [-0.2, 0) is 22.4 Å². The number of nitrogens with one attached hydrogen (secondary N) is 1. The van der Waals surface area contributed by atoms with Crippen molar-refractivity contribution in [3.63, 3.8) is 0 Å². The smallest absolute Gasteiger partial charge is 0.227 e. The summed E-state index contributed by atoms with van der Waals surface area (Å²) in [6, 6.07) is 19.2. The van der Waals surface area contributed by atoms with Gasteiger partial charge in [-0.15, -0.1) is 0 Å². The van der Waals surface area contributed by atoms with Gasteiger partial charge in [0.15, 0.2) is 5.78 Å². The molecular formula is C36H37ClFN5O2. The summed E-state index contributed by atoms with van der Waals surface area (Å²) >= 11 is 6.55. The van der Waals surface area contributed by atoms with Gasteiger partial charge in [0.05, 0.1) is 24.6 Å². The fourth-order valence-electron chi connectivity index (χ4n) is 6.01. The number of ether oxygens (including phenoxy) is 1. The number of carbonyl (C=O) groups is 1. The summed E-state index contributed by atoms with van der Waals surface area (Å²) in [6.07, 6.45) is 7.36. The third-order valence-corrected chi connectivity index (χ3v) is 8.50. The van der Waals surface area contributed by atoms with Crippen LogP contribution in [-0.4, -0.2) is 55.1 Å². The molecule has 0 saturated carbocycles. The largest absolute Gasteiger partial charge is 0.378 e. The first kappa shape index (κ1) is 30.7. The summed E-state index contributed by atoms with van der Waals surface area (Å²) in [4.78, 5) is 26.2. The van der Waals surface area contributed by atoms with Gasteiger partial charge in [0.2, 0.25) is 5.95 Å². The fourth-order valence-corrected chi connectivity index (χ4v) is 6.27. The zero-order valence-corrected chi connectivity index (χ0v) is 26.0. The van der Waals surface area contributed by atoms with Crippen molar-refractivity contribution in [2.45, 2.75) is 32.1 Å². The minimum atomic E-state index is -0.267. The fraction of sp³-hybridized carbons (Fsp3) is 0.306. The Morgan fingerprint density at radius 1 is 0.978 bits per heavy atom. The first-order chi connectivity index (χ1) is 21.9. The number of aromatic nitrogens is 2. The molecule has 2 saturated heterocycles. The van der Waals surface area contributed by atoms with Gasteiger partial charge >= 0.3 is 0 Å². The summed E-state index contributed by atoms with van der Waals surface area (Å²) in [7, 11) is 0. The Hall–Kier alpha value is -4.27. The lowest BCUT2D eigenvalue weighted by atomic mass is 9.98. The lowest BCUT2D eigenvalue weighted by Gasteiger charge is -2.29. The van der Waals surface area contributed by atoms with E-state index in [4.69, 9.17) is 21.3 Å². The van der Waals surface area contributed by atoms with E-state index in [-0.39, 0.29) is 18.0 Å². The van der Waals surface area contributed by atoms with Gasteiger partial charge in [0, 0.05) is 72.7 Å². The summed E-state index contributed by atoms with van der Waals surface area (Å²) < 4.78 is 20.7. The minimum Gasteiger partial charge on any atom is -0.378 e. The number of nitrogens with zero attached hydrogens (tertiary/aromatic N) is 4. The zero-order valence-electron chi connectivity index (χ0n) is 25.3. The highest BCUT2D eigenvalue weighted by atomic mass is 35.5. The molecule has 2 aliphatic heterocycles. The van der Waals surface area contributed by atoms with Gasteiger partial charge in [0.1, 0.15) is 5.82 Å². The molecule has 0 atom stereocenters. The third kappa shape index (κ3) is 7.70. The second kappa shape index (κ2) is 14.2. The number of anilines is 4. The molecule has 45 heavy (non-hydrogen) atoms. The number of allylic oxidation sites excluding steroid dienone is 1. The van der Waals surface area contributed by atoms with Crippen LogP contribution in [0.4, 0.5) is 27.4 Å². The SMILES string of the molecule is C=CC(=O)Cc1cc(Cl)cc(-c2nc(Nc3cccc(N4CCCCC4)c3)ncc2Cc2ccc(N3CCOCC3)c(F)c2)c1. The standard InChI is InChI=1S/C36H37ClFN5O2/c1-2-32(44)20-26-18-27(22-29(37)19-26)35-28(17-25-9-10-34(33(38)21-25)43-13-15-45-16-14-43)24-39-36(41-35)40-30-7-6-8-31(23-30)42-11-4-3-5-12-42/h2,6-10,18-19,21-24H,1,3-5,11-17,20H2,(H,39,40,41). The van der Waals surface area contributed by atoms with Crippen molar-refractivity contribution in [2.24, 2.45) is 0 Å². The predicted molar refractivity (Wildman–Crippen MR) is 179 cm³/mol. The van der Waals surface area contributed by atoms with Crippen LogP contribution in [0, 0.1) is 5.82 Å². The van der Waals surface area contributed by atoms with E-state index < -0.39 is 0 Å². The van der Waals surface area contributed by atoms with Gasteiger partial charge in [-0.05, 0) is 85.0 Å². The highest BCUT2D eigenvalue weighted by Gasteiger charge is 2.18. The van der Waals surface area contributed by atoms with Gasteiger partial charge < -0.3 is 19.9 Å². The molecule has 0 radical (unpaired) electrons. The van der Waals surface area contributed by atoms with Crippen LogP contribution in [0.3, 0.4) is 0 Å². The maximum atomic E-state index is 15.3. The van der Waals surface area contributed by atoms with E-state index in [0.29, 0.717) is 55.1 Å². The maximum absolute atomic E-state index is 15.3. The van der Waals surface area contributed by atoms with Crippen LogP contribution in [0.2, 0.25) is 5.02 Å². The molecule has 4 aromatic rings. The molecule has 2 aliphatic rings. The molecule has 3 heterocycles. The summed E-state index contributed by atoms with van der Waals surface area (Å²) in [5, 5.41) is 3.88. The molecule has 232 valence electrons. The van der Waals surface area contributed by atoms with Crippen molar-refractivity contribution in [3.05, 3.63) is 107 Å². The Balaban J connectivity index is 1.33. The Kier molecular flexibility index (Phi) is 9.72. The second-order valence-corrected chi connectivity index (χ2v) is 12.0. The molecule has 0 amide bonds. The molecule has 9 heteroatoms. The van der Waals surface area contributed by atoms with Crippen LogP contribution in [0.25, 0.3) is 11.3 Å². The molecule has 0 aliphatic carbocycles. The summed E-state index contributed by atoms with van der Waals surface area (Å²) in [5.41, 5.74) is 6.42. The van der Waals surface area contributed by atoms with Crippen molar-refractivity contribution in [2.75, 3.05) is 54.5 Å². The quantitative estimate of drug-likeness (QED) is 0.184. The first-order valence-electron chi connectivity index (χ1n) is 15.5. The number of hydrogen-bond donors (Lipinski definition) is 1. The van der Waals surface area contributed by atoms with Crippen molar-refractivity contribution < 1.29 is 13.9 Å². The van der Waals surface area contributed by atoms with Gasteiger partial charge in [-0.3, -0.25) is 4.79 Å². The lowest BCUT2D eigenvalue weighted by molar-refractivity contribution is -0.114. The average molecular weight is 626 g/mol. The summed E-state index contributed by atoms with van der Waals surface area (Å²) in [6.45, 7) is 8.20. The maximum Gasteiger partial charge on any atom is 0.227 e. The molecule has 0 bridgehead atoms. The van der Waals surface area contributed by atoms with E-state index in [9.17, 15) is 4.79 Å². The summed E-state index contributed by atoms with van der Waals surface area (Å²) in [5.74, 6) is 0.0664. The van der Waals surface area contributed by atoms with E-state index in [1.54, 1.807) is 18.3 Å². The van der Waals surface area contributed by atoms with Crippen LogP contribution >= 0.6 is 11.6 Å². The zero-order chi connectivity index (χ0) is 31.2. The van der Waals surface area contributed by atoms with Crippen LogP contribution in [0.15, 0.2) is 79.5 Å². The Morgan fingerprint density at radius 2 is 1.80 bits per heavy atom. The second-order valence-electron chi connectivity index (χ2n) is 11.5. The van der Waals surface area contributed by atoms with Crippen LogP contribution in [0.5, 0.6) is 0 Å². The molecule has 0 unspecified atom stereocenters. The number of rotatable bonds is 10. The van der Waals surface area contributed by atoms with Gasteiger partial charge in [0.25, 0.3) is 0 Å². The molecule has 1 aromatic heterocycles. The molecule has 6 rings (SSSR count). The number of ketones is 1. The Bertz CT molecular complexity index is 1680. The highest BCUT2D eigenvalue weighted by Crippen LogP contribution is 2.31. The van der Waals surface area contributed by atoms with E-state index in [2.05, 4.69) is 33.9 Å². The topological polar surface area (TPSA) is 70.6 Å². The highest BCUT2D eigenvalue weighted by molar-refractivity contribution is 6.31. The van der Waals surface area contributed by atoms with Crippen molar-refractivity contribution in [1.82, 2.24) is 9.97 Å². The molecule has 1 N–H and O–H groups in total. The molecule has 0 spiro atoms. The number of morpholine rings is 1. The Labute approximate surface area is 268 Å². The van der Waals surface area contributed by atoms with E-state index >= 15 is 4.39 Å².